The summed E-state index contributed by atoms with van der Waals surface area (Å²) in [7, 11) is 3.07. The van der Waals surface area contributed by atoms with Crippen molar-refractivity contribution in [3.8, 4) is 0 Å². The van der Waals surface area contributed by atoms with Gasteiger partial charge < -0.3 is 20.1 Å². The first-order chi connectivity index (χ1) is 10.8. The summed E-state index contributed by atoms with van der Waals surface area (Å²) in [5.41, 5.74) is 0.201. The zero-order valence-corrected chi connectivity index (χ0v) is 14.6. The first kappa shape index (κ1) is 19.1. The second-order valence-corrected chi connectivity index (χ2v) is 5.81. The first-order valence-electron chi connectivity index (χ1n) is 6.90. The van der Waals surface area contributed by atoms with Crippen LogP contribution in [0.25, 0.3) is 0 Å². The average Bonchev–Trinajstić information content (AvgIpc) is 2.50. The molecule has 0 spiro atoms. The third-order valence-electron chi connectivity index (χ3n) is 2.97. The predicted molar refractivity (Wildman–Crippen MR) is 87.6 cm³/mol. The molecule has 0 radical (unpaired) electrons. The molecule has 0 aliphatic carbocycles. The molecule has 23 heavy (non-hydrogen) atoms. The van der Waals surface area contributed by atoms with E-state index < -0.39 is 11.9 Å². The lowest BCUT2D eigenvalue weighted by molar-refractivity contribution is -0.121. The van der Waals surface area contributed by atoms with E-state index in [4.69, 9.17) is 9.84 Å². The lowest BCUT2D eigenvalue weighted by Gasteiger charge is -2.17. The van der Waals surface area contributed by atoms with E-state index in [9.17, 15) is 14.4 Å². The summed E-state index contributed by atoms with van der Waals surface area (Å²) < 4.78 is 5.36. The van der Waals surface area contributed by atoms with Crippen molar-refractivity contribution in [2.75, 3.05) is 33.9 Å². The molecule has 0 heterocycles. The van der Waals surface area contributed by atoms with Crippen LogP contribution in [0.15, 0.2) is 22.7 Å². The quantitative estimate of drug-likeness (QED) is 0.657. The van der Waals surface area contributed by atoms with E-state index in [1.54, 1.807) is 7.11 Å². The Bertz CT molecular complexity index is 591. The fourth-order valence-corrected chi connectivity index (χ4v) is 2.34. The van der Waals surface area contributed by atoms with E-state index in [1.807, 2.05) is 0 Å². The number of aromatic carboxylic acids is 1. The van der Waals surface area contributed by atoms with Crippen LogP contribution in [0.2, 0.25) is 0 Å². The van der Waals surface area contributed by atoms with Gasteiger partial charge in [-0.15, -0.1) is 0 Å². The Morgan fingerprint density at radius 2 is 1.91 bits per heavy atom. The molecule has 2 N–H and O–H groups in total. The minimum absolute atomic E-state index is 0.000132. The highest BCUT2D eigenvalue weighted by atomic mass is 79.9. The molecular formula is C15H19BrN2O5. The number of ether oxygens (including phenoxy) is 1. The van der Waals surface area contributed by atoms with E-state index in [1.165, 1.54) is 30.1 Å². The molecule has 0 fully saturated rings. The van der Waals surface area contributed by atoms with Gasteiger partial charge in [0.15, 0.2) is 0 Å². The van der Waals surface area contributed by atoms with Gasteiger partial charge in [0.1, 0.15) is 0 Å². The Morgan fingerprint density at radius 1 is 1.26 bits per heavy atom. The summed E-state index contributed by atoms with van der Waals surface area (Å²) in [6.07, 6.45) is 0.688. The number of nitrogens with one attached hydrogen (secondary N) is 1. The van der Waals surface area contributed by atoms with Crippen LogP contribution in [-0.2, 0) is 9.53 Å². The Hall–Kier alpha value is -1.93. The van der Waals surface area contributed by atoms with Crippen molar-refractivity contribution in [3.05, 3.63) is 33.8 Å². The van der Waals surface area contributed by atoms with Crippen LogP contribution in [0.3, 0.4) is 0 Å². The second kappa shape index (κ2) is 9.26. The number of halogens is 1. The lowest BCUT2D eigenvalue weighted by Crippen LogP contribution is -2.38. The number of rotatable bonds is 8. The van der Waals surface area contributed by atoms with Gasteiger partial charge in [-0.05, 0) is 24.6 Å². The Kier molecular flexibility index (Phi) is 7.70. The van der Waals surface area contributed by atoms with Crippen LogP contribution in [-0.4, -0.2) is 61.6 Å². The zero-order valence-electron chi connectivity index (χ0n) is 13.0. The Labute approximate surface area is 142 Å². The summed E-state index contributed by atoms with van der Waals surface area (Å²) in [4.78, 5) is 36.3. The molecule has 0 aliphatic rings. The summed E-state index contributed by atoms with van der Waals surface area (Å²) in [5, 5.41) is 11.7. The molecular weight excluding hydrogens is 368 g/mol. The van der Waals surface area contributed by atoms with Gasteiger partial charge in [0.25, 0.3) is 5.91 Å². The smallest absolute Gasteiger partial charge is 0.335 e. The normalized spacial score (nSPS) is 10.2. The van der Waals surface area contributed by atoms with Gasteiger partial charge in [-0.25, -0.2) is 4.79 Å². The van der Waals surface area contributed by atoms with E-state index in [2.05, 4.69) is 21.2 Å². The number of nitrogens with zero attached hydrogens (tertiary/aromatic N) is 1. The zero-order chi connectivity index (χ0) is 17.4. The molecule has 0 aliphatic heterocycles. The van der Waals surface area contributed by atoms with Crippen LogP contribution >= 0.6 is 15.9 Å². The van der Waals surface area contributed by atoms with Gasteiger partial charge in [0.2, 0.25) is 5.91 Å². The number of benzene rings is 1. The highest BCUT2D eigenvalue weighted by Gasteiger charge is 2.17. The minimum Gasteiger partial charge on any atom is -0.478 e. The largest absolute Gasteiger partial charge is 0.478 e. The molecule has 1 rings (SSSR count). The van der Waals surface area contributed by atoms with E-state index in [0.717, 1.165) is 0 Å². The van der Waals surface area contributed by atoms with E-state index in [-0.39, 0.29) is 23.6 Å². The second-order valence-electron chi connectivity index (χ2n) is 4.89. The number of methoxy groups -OCH3 is 1. The van der Waals surface area contributed by atoms with Crippen molar-refractivity contribution in [1.29, 1.82) is 0 Å². The summed E-state index contributed by atoms with van der Waals surface area (Å²) in [6, 6.07) is 4.20. The van der Waals surface area contributed by atoms with E-state index in [0.29, 0.717) is 24.0 Å². The maximum atomic E-state index is 12.3. The Morgan fingerprint density at radius 3 is 2.52 bits per heavy atom. The van der Waals surface area contributed by atoms with Crippen molar-refractivity contribution in [1.82, 2.24) is 10.2 Å². The predicted octanol–water partition coefficient (Wildman–Crippen LogP) is 1.37. The third kappa shape index (κ3) is 6.37. The topological polar surface area (TPSA) is 95.9 Å². The first-order valence-corrected chi connectivity index (χ1v) is 7.69. The molecule has 0 bridgehead atoms. The number of hydrogen-bond acceptors (Lipinski definition) is 4. The summed E-state index contributed by atoms with van der Waals surface area (Å²) in [6.45, 7) is 0.903. The fourth-order valence-electron chi connectivity index (χ4n) is 1.84. The standard InChI is InChI=1S/C15H19BrN2O5/c1-18(9-13(19)17-4-3-5-23-2)14(20)10-6-11(15(21)22)8-12(16)7-10/h6-8H,3-5,9H2,1-2H3,(H,17,19)(H,21,22). The molecule has 0 atom stereocenters. The van der Waals surface area contributed by atoms with Gasteiger partial charge in [0, 0.05) is 37.3 Å². The molecule has 8 heteroatoms. The highest BCUT2D eigenvalue weighted by molar-refractivity contribution is 9.10. The van der Waals surface area contributed by atoms with Crippen molar-refractivity contribution in [2.45, 2.75) is 6.42 Å². The van der Waals surface area contributed by atoms with Gasteiger partial charge in [-0.3, -0.25) is 9.59 Å². The monoisotopic (exact) mass is 386 g/mol. The molecule has 0 aromatic heterocycles. The number of carbonyl (C=O) groups excluding carboxylic acids is 2. The molecule has 2 amide bonds. The average molecular weight is 387 g/mol. The maximum absolute atomic E-state index is 12.3. The van der Waals surface area contributed by atoms with Gasteiger partial charge in [-0.2, -0.15) is 0 Å². The minimum atomic E-state index is -1.13. The molecule has 0 unspecified atom stereocenters. The summed E-state index contributed by atoms with van der Waals surface area (Å²) >= 11 is 3.17. The number of carbonyl (C=O) groups is 3. The van der Waals surface area contributed by atoms with Crippen molar-refractivity contribution < 1.29 is 24.2 Å². The van der Waals surface area contributed by atoms with Crippen molar-refractivity contribution in [2.24, 2.45) is 0 Å². The number of amides is 2. The molecule has 0 saturated heterocycles. The molecule has 126 valence electrons. The number of carboxylic acid groups (broad SMARTS) is 1. The lowest BCUT2D eigenvalue weighted by atomic mass is 10.1. The van der Waals surface area contributed by atoms with E-state index >= 15 is 0 Å². The van der Waals surface area contributed by atoms with Gasteiger partial charge >= 0.3 is 5.97 Å². The van der Waals surface area contributed by atoms with Crippen LogP contribution in [0.4, 0.5) is 0 Å². The number of hydrogen-bond donors (Lipinski definition) is 2. The molecule has 1 aromatic rings. The van der Waals surface area contributed by atoms with Crippen LogP contribution in [0.1, 0.15) is 27.1 Å². The SMILES string of the molecule is COCCCNC(=O)CN(C)C(=O)c1cc(Br)cc(C(=O)O)c1. The summed E-state index contributed by atoms with van der Waals surface area (Å²) in [5.74, 6) is -1.84. The van der Waals surface area contributed by atoms with Crippen LogP contribution in [0.5, 0.6) is 0 Å². The molecule has 7 nitrogen and oxygen atoms in total. The maximum Gasteiger partial charge on any atom is 0.335 e. The number of carboxylic acids is 1. The van der Waals surface area contributed by atoms with Crippen LogP contribution in [0, 0.1) is 0 Å². The molecule has 0 saturated carbocycles. The van der Waals surface area contributed by atoms with Gasteiger partial charge in [0.05, 0.1) is 12.1 Å². The highest BCUT2D eigenvalue weighted by Crippen LogP contribution is 2.17. The van der Waals surface area contributed by atoms with Crippen molar-refractivity contribution in [3.63, 3.8) is 0 Å². The Balaban J connectivity index is 2.66. The van der Waals surface area contributed by atoms with Gasteiger partial charge in [-0.1, -0.05) is 15.9 Å². The van der Waals surface area contributed by atoms with Crippen molar-refractivity contribution >= 4 is 33.7 Å². The fraction of sp³-hybridized carbons (Fsp3) is 0.400. The third-order valence-corrected chi connectivity index (χ3v) is 3.42. The van der Waals surface area contributed by atoms with Crippen LogP contribution < -0.4 is 5.32 Å². The number of likely N-dealkylation sites (N-methyl/N-ethyl adjacent to an activating group) is 1. The molecule has 1 aromatic carbocycles.